The highest BCUT2D eigenvalue weighted by Crippen LogP contribution is 2.41. The number of hydrogen-bond acceptors (Lipinski definition) is 6. The summed E-state index contributed by atoms with van der Waals surface area (Å²) in [7, 11) is 1.54. The molecule has 0 aliphatic carbocycles. The Hall–Kier alpha value is -2.34. The minimum atomic E-state index is -0.789. The first kappa shape index (κ1) is 31.6. The number of benzene rings is 3. The van der Waals surface area contributed by atoms with Crippen LogP contribution >= 0.6 is 53.5 Å². The number of aromatic nitrogens is 1. The molecule has 4 rings (SSSR count). The Morgan fingerprint density at radius 2 is 1.46 bits per heavy atom. The van der Waals surface area contributed by atoms with Gasteiger partial charge in [-0.25, -0.2) is 14.5 Å². The van der Waals surface area contributed by atoms with E-state index in [1.165, 1.54) is 9.12 Å². The maximum absolute atomic E-state index is 13.2. The molecule has 0 aliphatic rings. The van der Waals surface area contributed by atoms with E-state index in [1.807, 2.05) is 48.5 Å². The highest BCUT2D eigenvalue weighted by atomic mass is 127. The summed E-state index contributed by atoms with van der Waals surface area (Å²) in [6.45, 7) is 10.6. The number of ether oxygens (including phenoxy) is 2. The van der Waals surface area contributed by atoms with Gasteiger partial charge in [0, 0.05) is 74.6 Å². The average molecular weight is 728 g/mol. The van der Waals surface area contributed by atoms with Gasteiger partial charge in [0.05, 0.1) is 11.0 Å². The summed E-state index contributed by atoms with van der Waals surface area (Å²) >= 11 is 14.8. The lowest BCUT2D eigenvalue weighted by molar-refractivity contribution is 0.00172. The van der Waals surface area contributed by atoms with E-state index in [1.54, 1.807) is 41.5 Å². The Morgan fingerprint density at radius 1 is 0.878 bits per heavy atom. The zero-order valence-electron chi connectivity index (χ0n) is 23.7. The highest BCUT2D eigenvalue weighted by molar-refractivity contribution is 14.2. The second kappa shape index (κ2) is 12.5. The van der Waals surface area contributed by atoms with Crippen LogP contribution in [0.25, 0.3) is 21.8 Å². The molecule has 1 aromatic heterocycles. The maximum atomic E-state index is 13.2. The van der Waals surface area contributed by atoms with Crippen LogP contribution in [-0.4, -0.2) is 38.8 Å². The van der Waals surface area contributed by atoms with Gasteiger partial charge in [-0.3, -0.25) is 3.97 Å². The van der Waals surface area contributed by atoms with E-state index in [0.29, 0.717) is 16.5 Å². The smallest absolute Gasteiger partial charge is 0.419 e. The molecule has 0 bridgehead atoms. The lowest BCUT2D eigenvalue weighted by atomic mass is 10.0. The molecule has 11 heteroatoms. The van der Waals surface area contributed by atoms with Crippen molar-refractivity contribution in [3.63, 3.8) is 0 Å². The molecule has 4 aromatic rings. The predicted octanol–water partition coefficient (Wildman–Crippen LogP) is 10.4. The third-order valence-electron chi connectivity index (χ3n) is 5.96. The van der Waals surface area contributed by atoms with Crippen molar-refractivity contribution in [1.82, 2.24) is 8.87 Å². The number of carbonyl (C=O) groups is 2. The number of halogens is 3. The molecule has 0 atom stereocenters. The van der Waals surface area contributed by atoms with Gasteiger partial charge in [0.15, 0.2) is 0 Å². The van der Waals surface area contributed by atoms with E-state index in [0.717, 1.165) is 43.6 Å². The Morgan fingerprint density at radius 3 is 2.02 bits per heavy atom. The molecule has 0 spiro atoms. The van der Waals surface area contributed by atoms with Gasteiger partial charge >= 0.3 is 12.2 Å². The van der Waals surface area contributed by atoms with Crippen molar-refractivity contribution < 1.29 is 19.1 Å². The zero-order chi connectivity index (χ0) is 30.1. The van der Waals surface area contributed by atoms with Gasteiger partial charge in [-0.15, -0.1) is 0 Å². The summed E-state index contributed by atoms with van der Waals surface area (Å²) in [5.74, 6) is 0. The molecule has 0 unspecified atom stereocenters. The average Bonchev–Trinajstić information content (AvgIpc) is 3.17. The topological polar surface area (TPSA) is 72.8 Å². The van der Waals surface area contributed by atoms with Gasteiger partial charge in [-0.1, -0.05) is 29.3 Å². The van der Waals surface area contributed by atoms with Crippen LogP contribution in [0.3, 0.4) is 0 Å². The molecule has 218 valence electrons. The van der Waals surface area contributed by atoms with E-state index in [2.05, 4.69) is 36.6 Å². The molecular weight excluding hydrogens is 696 g/mol. The van der Waals surface area contributed by atoms with Gasteiger partial charge in [0.2, 0.25) is 0 Å². The van der Waals surface area contributed by atoms with Crippen LogP contribution in [-0.2, 0) is 15.9 Å². The molecule has 0 aliphatic heterocycles. The lowest BCUT2D eigenvalue weighted by Gasteiger charge is -2.29. The number of rotatable bonds is 6. The Balaban J connectivity index is 1.84. The number of fused-ring (bicyclic) bond motifs is 3. The van der Waals surface area contributed by atoms with Crippen molar-refractivity contribution >= 4 is 98.9 Å². The number of anilines is 2. The van der Waals surface area contributed by atoms with Crippen LogP contribution in [0.1, 0.15) is 47.1 Å². The first-order valence-electron chi connectivity index (χ1n) is 13.0. The van der Waals surface area contributed by atoms with E-state index in [-0.39, 0.29) is 6.54 Å². The largest absolute Gasteiger partial charge is 0.443 e. The van der Waals surface area contributed by atoms with Crippen molar-refractivity contribution in [3.05, 3.63) is 70.2 Å². The highest BCUT2D eigenvalue weighted by Gasteiger charge is 2.31. The second-order valence-electron chi connectivity index (χ2n) is 11.5. The SMILES string of the molecule is CC(C)(C)OC(=O)N(CCc1c(Nc2ccc(Cl)cc2)ccc2c3cc(Cl)ccc3n(SI)c12)C(=O)OC(C)(C)C. The molecule has 1 heterocycles. The molecule has 0 saturated carbocycles. The monoisotopic (exact) mass is 727 g/mol. The molecular formula is C30H32Cl2IN3O4S. The molecule has 3 aromatic carbocycles. The number of hydrogen-bond donors (Lipinski definition) is 1. The molecule has 0 saturated heterocycles. The van der Waals surface area contributed by atoms with Gasteiger partial charge in [-0.2, -0.15) is 0 Å². The standard InChI is InChI=1S/C30H32Cl2IN3O4S/c1-29(2,3)39-27(37)35(28(38)40-30(4,5)6)16-15-22-24(34-20-10-7-18(31)8-11-20)13-12-21-23-17-19(32)9-14-25(23)36(41-33)26(21)22/h7-14,17,34H,15-16H2,1-6H3. The molecule has 7 nitrogen and oxygen atoms in total. The minimum Gasteiger partial charge on any atom is -0.443 e. The first-order chi connectivity index (χ1) is 19.2. The summed E-state index contributed by atoms with van der Waals surface area (Å²) in [5.41, 5.74) is 2.96. The van der Waals surface area contributed by atoms with E-state index >= 15 is 0 Å². The Kier molecular flexibility index (Phi) is 9.62. The maximum Gasteiger partial charge on any atom is 0.419 e. The quantitative estimate of drug-likeness (QED) is 0.199. The number of nitrogens with one attached hydrogen (secondary N) is 1. The number of carbonyl (C=O) groups excluding carboxylic acids is 2. The van der Waals surface area contributed by atoms with E-state index in [9.17, 15) is 9.59 Å². The minimum absolute atomic E-state index is 0.0342. The third-order valence-corrected chi connectivity index (χ3v) is 8.14. The van der Waals surface area contributed by atoms with Gasteiger partial charge in [-0.05, 0) is 96.5 Å². The predicted molar refractivity (Wildman–Crippen MR) is 179 cm³/mol. The van der Waals surface area contributed by atoms with Crippen LogP contribution < -0.4 is 5.32 Å². The van der Waals surface area contributed by atoms with E-state index in [4.69, 9.17) is 32.7 Å². The van der Waals surface area contributed by atoms with Gasteiger partial charge in [0.1, 0.15) is 11.2 Å². The fourth-order valence-electron chi connectivity index (χ4n) is 4.35. The number of amides is 2. The summed E-state index contributed by atoms with van der Waals surface area (Å²) in [5, 5.41) is 6.78. The fourth-order valence-corrected chi connectivity index (χ4v) is 6.39. The van der Waals surface area contributed by atoms with Crippen molar-refractivity contribution in [2.45, 2.75) is 59.2 Å². The van der Waals surface area contributed by atoms with Crippen LogP contribution in [0, 0.1) is 0 Å². The van der Waals surface area contributed by atoms with Gasteiger partial charge < -0.3 is 14.8 Å². The van der Waals surface area contributed by atoms with Crippen molar-refractivity contribution in [3.8, 4) is 0 Å². The Bertz CT molecular complexity index is 1570. The van der Waals surface area contributed by atoms with Gasteiger partial charge in [0.25, 0.3) is 0 Å². The molecule has 41 heavy (non-hydrogen) atoms. The molecule has 2 amide bonds. The Labute approximate surface area is 266 Å². The fraction of sp³-hybridized carbons (Fsp3) is 0.333. The van der Waals surface area contributed by atoms with Crippen LogP contribution in [0.5, 0.6) is 0 Å². The summed E-state index contributed by atoms with van der Waals surface area (Å²) in [6, 6.07) is 17.3. The molecule has 0 fully saturated rings. The lowest BCUT2D eigenvalue weighted by Crippen LogP contribution is -2.44. The second-order valence-corrected chi connectivity index (χ2v) is 14.1. The first-order valence-corrected chi connectivity index (χ1v) is 17.0. The number of imide groups is 1. The molecule has 1 N–H and O–H groups in total. The van der Waals surface area contributed by atoms with Crippen LogP contribution in [0.2, 0.25) is 10.0 Å². The normalized spacial score (nSPS) is 12.0. The third kappa shape index (κ3) is 7.74. The van der Waals surface area contributed by atoms with Crippen molar-refractivity contribution in [2.75, 3.05) is 11.9 Å². The zero-order valence-corrected chi connectivity index (χ0v) is 28.2. The van der Waals surface area contributed by atoms with Crippen molar-refractivity contribution in [2.24, 2.45) is 0 Å². The summed E-state index contributed by atoms with van der Waals surface area (Å²) < 4.78 is 13.3. The molecule has 0 radical (unpaired) electrons. The van der Waals surface area contributed by atoms with Crippen LogP contribution in [0.4, 0.5) is 21.0 Å². The number of nitrogens with zero attached hydrogens (tertiary/aromatic N) is 2. The van der Waals surface area contributed by atoms with Crippen LogP contribution in [0.15, 0.2) is 54.6 Å². The summed E-state index contributed by atoms with van der Waals surface area (Å²) in [6.07, 6.45) is -1.20. The summed E-state index contributed by atoms with van der Waals surface area (Å²) in [4.78, 5) is 27.5. The van der Waals surface area contributed by atoms with E-state index < -0.39 is 23.4 Å². The van der Waals surface area contributed by atoms with Crippen molar-refractivity contribution in [1.29, 1.82) is 0 Å².